The summed E-state index contributed by atoms with van der Waals surface area (Å²) in [6.07, 6.45) is 0. The van der Waals surface area contributed by atoms with E-state index in [-0.39, 0.29) is 21.1 Å². The summed E-state index contributed by atoms with van der Waals surface area (Å²) in [5, 5.41) is 5.00. The second kappa shape index (κ2) is 11.9. The van der Waals surface area contributed by atoms with Gasteiger partial charge >= 0.3 is 21.1 Å². The van der Waals surface area contributed by atoms with Crippen LogP contribution in [0.25, 0.3) is 62.9 Å². The molecule has 0 N–H and O–H groups in total. The number of pyridine rings is 2. The van der Waals surface area contributed by atoms with Crippen LogP contribution in [0.15, 0.2) is 140 Å². The maximum Gasteiger partial charge on any atom is 2.00 e. The second-order valence-corrected chi connectivity index (χ2v) is 12.9. The van der Waals surface area contributed by atoms with E-state index in [0.717, 1.165) is 39.8 Å². The van der Waals surface area contributed by atoms with Crippen molar-refractivity contribution in [2.75, 3.05) is 4.90 Å². The van der Waals surface area contributed by atoms with Crippen LogP contribution in [-0.2, 0) is 21.1 Å². The zero-order valence-electron chi connectivity index (χ0n) is 24.3. The molecule has 0 aliphatic heterocycles. The first-order valence-corrected chi connectivity index (χ1v) is 16.4. The summed E-state index contributed by atoms with van der Waals surface area (Å²) in [6, 6.07) is 55.2. The van der Waals surface area contributed by atoms with Gasteiger partial charge in [0, 0.05) is 15.1 Å². The molecule has 3 nitrogen and oxygen atoms in total. The first-order chi connectivity index (χ1) is 22.3. The molecule has 5 aromatic carbocycles. The largest absolute Gasteiger partial charge is 2.00 e. The molecule has 0 saturated carbocycles. The van der Waals surface area contributed by atoms with Gasteiger partial charge in [-0.1, -0.05) is 89.6 Å². The summed E-state index contributed by atoms with van der Waals surface area (Å²) in [6.45, 7) is 0. The van der Waals surface area contributed by atoms with E-state index in [0.29, 0.717) is 0 Å². The molecule has 6 heteroatoms. The molecule has 0 unspecified atom stereocenters. The molecule has 0 fully saturated rings. The van der Waals surface area contributed by atoms with Gasteiger partial charge in [0.05, 0.1) is 0 Å². The van der Waals surface area contributed by atoms with Crippen molar-refractivity contribution in [3.8, 4) is 22.5 Å². The van der Waals surface area contributed by atoms with Crippen molar-refractivity contribution >= 4 is 80.3 Å². The number of nitrogens with zero attached hydrogens (tertiary/aromatic N) is 3. The Kier molecular flexibility index (Phi) is 7.46. The number of thiophene rings is 2. The molecular weight excluding hydrogens is 782 g/mol. The molecule has 4 heterocycles. The fraction of sp³-hybridized carbons (Fsp3) is 0. The van der Waals surface area contributed by atoms with Gasteiger partial charge in [0.15, 0.2) is 0 Å². The van der Waals surface area contributed by atoms with E-state index in [2.05, 4.69) is 126 Å². The Morgan fingerprint density at radius 1 is 0.457 bits per heavy atom. The van der Waals surface area contributed by atoms with Crippen LogP contribution >= 0.6 is 22.7 Å². The fourth-order valence-electron chi connectivity index (χ4n) is 6.09. The molecule has 0 radical (unpaired) electrons. The normalized spacial score (nSPS) is 11.3. The van der Waals surface area contributed by atoms with Gasteiger partial charge in [-0.25, -0.2) is 0 Å². The van der Waals surface area contributed by atoms with Crippen LogP contribution in [-0.4, -0.2) is 9.97 Å². The standard InChI is InChI=1S/C40H23N3S2.Pt/c1-2-12-26(13-3-1)43(37-24-10-20-33(41-37)31-18-8-16-29-27-14-4-6-22-35(27)44-39(29)31)38-25-11-21-34(42-38)32-19-9-17-30-28-15-5-7-23-36(28)45-40(30)32;/h1-17,20-25H;/q-2;+2. The molecule has 0 atom stereocenters. The van der Waals surface area contributed by atoms with Crippen molar-refractivity contribution in [2.45, 2.75) is 0 Å². The molecule has 4 aromatic heterocycles. The third kappa shape index (κ3) is 4.83. The van der Waals surface area contributed by atoms with E-state index in [1.807, 2.05) is 30.3 Å². The van der Waals surface area contributed by atoms with Gasteiger partial charge < -0.3 is 0 Å². The van der Waals surface area contributed by atoms with Crippen molar-refractivity contribution in [3.63, 3.8) is 0 Å². The molecule has 0 amide bonds. The van der Waals surface area contributed by atoms with Gasteiger partial charge in [-0.15, -0.1) is 47.5 Å². The number of aromatic nitrogens is 2. The minimum Gasteiger partial charge on any atom is -0.280 e. The predicted octanol–water partition coefficient (Wildman–Crippen LogP) is 11.6. The van der Waals surface area contributed by atoms with Crippen LogP contribution in [0.5, 0.6) is 0 Å². The maximum atomic E-state index is 5.25. The average Bonchev–Trinajstić information content (AvgIpc) is 3.68. The Balaban J connectivity index is 0.00000312. The SMILES string of the molecule is [Pt+2].[c-]1ccc2c(sc3ccccc32)c1-c1cccc(N(c2ccccc2)c2cccc(-c3[c-]ccc4c3sc3ccccc34)n2)n1. The Bertz CT molecular complexity index is 2360. The topological polar surface area (TPSA) is 29.0 Å². The Morgan fingerprint density at radius 3 is 1.46 bits per heavy atom. The van der Waals surface area contributed by atoms with Crippen molar-refractivity contribution in [3.05, 3.63) is 152 Å². The monoisotopic (exact) mass is 804 g/mol. The molecule has 0 saturated heterocycles. The molecule has 0 aliphatic carbocycles. The Hall–Kier alpha value is -4.67. The number of benzene rings is 5. The molecule has 0 spiro atoms. The van der Waals surface area contributed by atoms with Gasteiger partial charge in [0.25, 0.3) is 0 Å². The van der Waals surface area contributed by atoms with Crippen LogP contribution < -0.4 is 4.90 Å². The first kappa shape index (κ1) is 28.8. The van der Waals surface area contributed by atoms with E-state index >= 15 is 0 Å². The third-order valence-corrected chi connectivity index (χ3v) is 10.5. The molecular formula is C40H23N3PtS2. The number of hydrogen-bond acceptors (Lipinski definition) is 5. The minimum atomic E-state index is 0. The predicted molar refractivity (Wildman–Crippen MR) is 191 cm³/mol. The number of para-hydroxylation sites is 1. The van der Waals surface area contributed by atoms with E-state index in [9.17, 15) is 0 Å². The summed E-state index contributed by atoms with van der Waals surface area (Å²) >= 11 is 3.58. The molecule has 0 aliphatic rings. The van der Waals surface area contributed by atoms with E-state index in [1.54, 1.807) is 22.7 Å². The Labute approximate surface area is 288 Å². The molecule has 9 rings (SSSR count). The molecule has 46 heavy (non-hydrogen) atoms. The molecule has 9 aromatic rings. The number of hydrogen-bond donors (Lipinski definition) is 0. The van der Waals surface area contributed by atoms with Crippen LogP contribution in [0.2, 0.25) is 0 Å². The van der Waals surface area contributed by atoms with E-state index in [4.69, 9.17) is 9.97 Å². The van der Waals surface area contributed by atoms with Gasteiger partial charge in [0.1, 0.15) is 11.6 Å². The molecule has 220 valence electrons. The van der Waals surface area contributed by atoms with Crippen molar-refractivity contribution in [1.29, 1.82) is 0 Å². The average molecular weight is 805 g/mol. The van der Waals surface area contributed by atoms with E-state index < -0.39 is 0 Å². The quantitative estimate of drug-likeness (QED) is 0.162. The van der Waals surface area contributed by atoms with Crippen molar-refractivity contribution in [1.82, 2.24) is 9.97 Å². The Morgan fingerprint density at radius 2 is 0.935 bits per heavy atom. The van der Waals surface area contributed by atoms with Gasteiger partial charge in [0.2, 0.25) is 0 Å². The number of anilines is 3. The van der Waals surface area contributed by atoms with E-state index in [1.165, 1.54) is 40.3 Å². The maximum absolute atomic E-state index is 5.25. The molecule has 0 bridgehead atoms. The summed E-state index contributed by atoms with van der Waals surface area (Å²) in [7, 11) is 0. The fourth-order valence-corrected chi connectivity index (χ4v) is 8.51. The zero-order valence-corrected chi connectivity index (χ0v) is 28.2. The first-order valence-electron chi connectivity index (χ1n) is 14.8. The number of rotatable bonds is 5. The van der Waals surface area contributed by atoms with Crippen molar-refractivity contribution < 1.29 is 21.1 Å². The summed E-state index contributed by atoms with van der Waals surface area (Å²) in [5.41, 5.74) is 4.77. The van der Waals surface area contributed by atoms with Crippen molar-refractivity contribution in [2.24, 2.45) is 0 Å². The van der Waals surface area contributed by atoms with Crippen LogP contribution in [0.1, 0.15) is 0 Å². The second-order valence-electron chi connectivity index (χ2n) is 10.8. The summed E-state index contributed by atoms with van der Waals surface area (Å²) < 4.78 is 4.92. The van der Waals surface area contributed by atoms with Crippen LogP contribution in [0, 0.1) is 12.1 Å². The third-order valence-electron chi connectivity index (χ3n) is 8.13. The van der Waals surface area contributed by atoms with Gasteiger partial charge in [-0.2, -0.15) is 22.7 Å². The van der Waals surface area contributed by atoms with Crippen LogP contribution in [0.3, 0.4) is 0 Å². The smallest absolute Gasteiger partial charge is 0.280 e. The minimum absolute atomic E-state index is 0. The summed E-state index contributed by atoms with van der Waals surface area (Å²) in [4.78, 5) is 12.6. The van der Waals surface area contributed by atoms with Gasteiger partial charge in [-0.3, -0.25) is 14.9 Å². The number of fused-ring (bicyclic) bond motifs is 6. The zero-order chi connectivity index (χ0) is 29.7. The van der Waals surface area contributed by atoms with Crippen LogP contribution in [0.4, 0.5) is 17.3 Å². The summed E-state index contributed by atoms with van der Waals surface area (Å²) in [5.74, 6) is 1.58. The van der Waals surface area contributed by atoms with Gasteiger partial charge in [-0.05, 0) is 68.0 Å².